The van der Waals surface area contributed by atoms with Crippen LogP contribution in [0.3, 0.4) is 0 Å². The summed E-state index contributed by atoms with van der Waals surface area (Å²) in [4.78, 5) is 2.30. The molecule has 0 radical (unpaired) electrons. The second kappa shape index (κ2) is 8.04. The van der Waals surface area contributed by atoms with Crippen LogP contribution in [0.5, 0.6) is 0 Å². The summed E-state index contributed by atoms with van der Waals surface area (Å²) in [5.41, 5.74) is 0.264. The van der Waals surface area contributed by atoms with Crippen molar-refractivity contribution in [2.75, 3.05) is 39.3 Å². The van der Waals surface area contributed by atoms with E-state index in [-0.39, 0.29) is 12.0 Å². The van der Waals surface area contributed by atoms with Gasteiger partial charge in [0.15, 0.2) is 0 Å². The molecule has 0 spiro atoms. The maximum Gasteiger partial charge on any atom is 0.0558 e. The van der Waals surface area contributed by atoms with Gasteiger partial charge < -0.3 is 15.3 Å². The Morgan fingerprint density at radius 1 is 1.31 bits per heavy atom. The van der Waals surface area contributed by atoms with Crippen LogP contribution in [0.2, 0.25) is 0 Å². The minimum absolute atomic E-state index is 0.253. The zero-order valence-electron chi connectivity index (χ0n) is 11.7. The van der Waals surface area contributed by atoms with E-state index in [2.05, 4.69) is 44.8 Å². The zero-order valence-corrected chi connectivity index (χ0v) is 11.7. The maximum atomic E-state index is 8.96. The molecule has 3 nitrogen and oxygen atoms in total. The van der Waals surface area contributed by atoms with Crippen LogP contribution in [0.25, 0.3) is 0 Å². The molecule has 0 rings (SSSR count). The van der Waals surface area contributed by atoms with Crippen LogP contribution in [-0.2, 0) is 0 Å². The minimum Gasteiger partial charge on any atom is -0.395 e. The van der Waals surface area contributed by atoms with Crippen LogP contribution < -0.4 is 5.32 Å². The van der Waals surface area contributed by atoms with E-state index in [9.17, 15) is 0 Å². The highest BCUT2D eigenvalue weighted by atomic mass is 16.3. The fourth-order valence-electron chi connectivity index (χ4n) is 1.85. The Bertz CT molecular complexity index is 169. The van der Waals surface area contributed by atoms with E-state index in [1.807, 2.05) is 0 Å². The molecule has 0 aromatic carbocycles. The van der Waals surface area contributed by atoms with Gasteiger partial charge in [-0.1, -0.05) is 34.6 Å². The van der Waals surface area contributed by atoms with Gasteiger partial charge in [0.1, 0.15) is 0 Å². The summed E-state index contributed by atoms with van der Waals surface area (Å²) in [5, 5.41) is 12.5. The van der Waals surface area contributed by atoms with E-state index in [1.165, 1.54) is 0 Å². The lowest BCUT2D eigenvalue weighted by atomic mass is 9.92. The summed E-state index contributed by atoms with van der Waals surface area (Å²) in [6.45, 7) is 16.3. The fraction of sp³-hybridized carbons (Fsp3) is 1.00. The number of hydrogen-bond donors (Lipinski definition) is 2. The molecule has 0 amide bonds. The van der Waals surface area contributed by atoms with Crippen molar-refractivity contribution in [3.05, 3.63) is 0 Å². The number of nitrogens with one attached hydrogen (secondary N) is 1. The summed E-state index contributed by atoms with van der Waals surface area (Å²) in [6.07, 6.45) is 0. The molecular formula is C13H30N2O. The first kappa shape index (κ1) is 15.9. The minimum atomic E-state index is 0.253. The summed E-state index contributed by atoms with van der Waals surface area (Å²) in [5.74, 6) is 0.704. The summed E-state index contributed by atoms with van der Waals surface area (Å²) < 4.78 is 0. The van der Waals surface area contributed by atoms with Gasteiger partial charge in [0.25, 0.3) is 0 Å². The smallest absolute Gasteiger partial charge is 0.0558 e. The molecule has 0 bridgehead atoms. The van der Waals surface area contributed by atoms with Crippen molar-refractivity contribution in [1.82, 2.24) is 10.2 Å². The largest absolute Gasteiger partial charge is 0.395 e. The maximum absolute atomic E-state index is 8.96. The van der Waals surface area contributed by atoms with Crippen LogP contribution in [-0.4, -0.2) is 49.3 Å². The highest BCUT2D eigenvalue weighted by molar-refractivity contribution is 4.76. The summed E-state index contributed by atoms with van der Waals surface area (Å²) >= 11 is 0. The monoisotopic (exact) mass is 230 g/mol. The van der Waals surface area contributed by atoms with Crippen LogP contribution in [0.4, 0.5) is 0 Å². The second-order valence-electron chi connectivity index (χ2n) is 5.78. The first-order chi connectivity index (χ1) is 7.41. The van der Waals surface area contributed by atoms with Crippen LogP contribution >= 0.6 is 0 Å². The van der Waals surface area contributed by atoms with Crippen molar-refractivity contribution in [3.8, 4) is 0 Å². The van der Waals surface area contributed by atoms with Crippen molar-refractivity contribution < 1.29 is 5.11 Å². The molecule has 2 N–H and O–H groups in total. The van der Waals surface area contributed by atoms with E-state index in [1.54, 1.807) is 0 Å². The van der Waals surface area contributed by atoms with Crippen molar-refractivity contribution in [2.45, 2.75) is 34.6 Å². The molecule has 0 aromatic rings. The van der Waals surface area contributed by atoms with Gasteiger partial charge in [0, 0.05) is 19.6 Å². The first-order valence-electron chi connectivity index (χ1n) is 6.45. The summed E-state index contributed by atoms with van der Waals surface area (Å²) in [6, 6.07) is 0. The Kier molecular flexibility index (Phi) is 7.98. The van der Waals surface area contributed by atoms with Gasteiger partial charge in [-0.2, -0.15) is 0 Å². The van der Waals surface area contributed by atoms with Gasteiger partial charge in [-0.15, -0.1) is 0 Å². The molecule has 0 aliphatic rings. The van der Waals surface area contributed by atoms with E-state index < -0.39 is 0 Å². The van der Waals surface area contributed by atoms with Gasteiger partial charge in [0.2, 0.25) is 0 Å². The third-order valence-corrected chi connectivity index (χ3v) is 2.67. The Hall–Kier alpha value is -0.120. The van der Waals surface area contributed by atoms with Gasteiger partial charge in [0.05, 0.1) is 6.61 Å². The zero-order chi connectivity index (χ0) is 12.6. The van der Waals surface area contributed by atoms with Crippen molar-refractivity contribution in [2.24, 2.45) is 11.3 Å². The number of nitrogens with zero attached hydrogens (tertiary/aromatic N) is 1. The average Bonchev–Trinajstić information content (AvgIpc) is 2.15. The Morgan fingerprint density at radius 2 is 1.94 bits per heavy atom. The molecular weight excluding hydrogens is 200 g/mol. The molecule has 0 saturated heterocycles. The van der Waals surface area contributed by atoms with E-state index in [4.69, 9.17) is 5.11 Å². The Balaban J connectivity index is 3.91. The molecule has 98 valence electrons. The average molecular weight is 230 g/mol. The van der Waals surface area contributed by atoms with E-state index >= 15 is 0 Å². The van der Waals surface area contributed by atoms with Crippen molar-refractivity contribution in [1.29, 1.82) is 0 Å². The lowest BCUT2D eigenvalue weighted by molar-refractivity contribution is 0.147. The van der Waals surface area contributed by atoms with E-state index in [0.717, 1.165) is 32.7 Å². The Labute approximate surface area is 101 Å². The molecule has 16 heavy (non-hydrogen) atoms. The number of aliphatic hydroxyl groups excluding tert-OH is 1. The van der Waals surface area contributed by atoms with Gasteiger partial charge in [-0.25, -0.2) is 0 Å². The standard InChI is InChI=1S/C13H30N2O/c1-6-15(7-8-16)11-13(4,5)10-14-9-12(2)3/h12,14,16H,6-11H2,1-5H3. The highest BCUT2D eigenvalue weighted by Gasteiger charge is 2.20. The number of likely N-dealkylation sites (N-methyl/N-ethyl adjacent to an activating group) is 1. The third-order valence-electron chi connectivity index (χ3n) is 2.67. The van der Waals surface area contributed by atoms with Crippen LogP contribution in [0.15, 0.2) is 0 Å². The predicted octanol–water partition coefficient (Wildman–Crippen LogP) is 1.57. The first-order valence-corrected chi connectivity index (χ1v) is 6.45. The molecule has 3 heteroatoms. The molecule has 0 aromatic heterocycles. The second-order valence-corrected chi connectivity index (χ2v) is 5.78. The predicted molar refractivity (Wildman–Crippen MR) is 70.7 cm³/mol. The lowest BCUT2D eigenvalue weighted by Gasteiger charge is -2.32. The lowest BCUT2D eigenvalue weighted by Crippen LogP contribution is -2.42. The molecule has 0 aliphatic heterocycles. The Morgan fingerprint density at radius 3 is 2.38 bits per heavy atom. The van der Waals surface area contributed by atoms with E-state index in [0.29, 0.717) is 5.92 Å². The van der Waals surface area contributed by atoms with Crippen molar-refractivity contribution >= 4 is 0 Å². The molecule has 0 unspecified atom stereocenters. The van der Waals surface area contributed by atoms with Crippen molar-refractivity contribution in [3.63, 3.8) is 0 Å². The highest BCUT2D eigenvalue weighted by Crippen LogP contribution is 2.15. The summed E-state index contributed by atoms with van der Waals surface area (Å²) in [7, 11) is 0. The molecule has 0 saturated carbocycles. The molecule has 0 fully saturated rings. The third kappa shape index (κ3) is 8.08. The molecule has 0 aliphatic carbocycles. The molecule has 0 atom stereocenters. The van der Waals surface area contributed by atoms with Gasteiger partial charge in [-0.05, 0) is 24.4 Å². The van der Waals surface area contributed by atoms with Crippen LogP contribution in [0.1, 0.15) is 34.6 Å². The number of aliphatic hydroxyl groups is 1. The SMILES string of the molecule is CCN(CCO)CC(C)(C)CNCC(C)C. The quantitative estimate of drug-likeness (QED) is 0.631. The normalized spacial score (nSPS) is 12.8. The topological polar surface area (TPSA) is 35.5 Å². The fourth-order valence-corrected chi connectivity index (χ4v) is 1.85. The van der Waals surface area contributed by atoms with Crippen LogP contribution in [0, 0.1) is 11.3 Å². The van der Waals surface area contributed by atoms with Gasteiger partial charge >= 0.3 is 0 Å². The van der Waals surface area contributed by atoms with Gasteiger partial charge in [-0.3, -0.25) is 0 Å². The number of hydrogen-bond acceptors (Lipinski definition) is 3. The molecule has 0 heterocycles. The number of rotatable bonds is 9.